The maximum absolute atomic E-state index is 6.12. The van der Waals surface area contributed by atoms with E-state index in [-0.39, 0.29) is 0 Å². The first-order chi connectivity index (χ1) is 9.52. The van der Waals surface area contributed by atoms with E-state index in [0.29, 0.717) is 0 Å². The van der Waals surface area contributed by atoms with Crippen molar-refractivity contribution in [3.8, 4) is 0 Å². The van der Waals surface area contributed by atoms with E-state index in [4.69, 9.17) is 11.6 Å². The maximum Gasteiger partial charge on any atom is 0.275 e. The van der Waals surface area contributed by atoms with Crippen molar-refractivity contribution in [2.75, 3.05) is 18.0 Å². The van der Waals surface area contributed by atoms with Crippen molar-refractivity contribution in [2.24, 2.45) is 11.8 Å². The van der Waals surface area contributed by atoms with Gasteiger partial charge in [0.1, 0.15) is 5.52 Å². The van der Waals surface area contributed by atoms with Crippen LogP contribution in [0.5, 0.6) is 0 Å². The van der Waals surface area contributed by atoms with Crippen LogP contribution >= 0.6 is 11.6 Å². The van der Waals surface area contributed by atoms with Crippen molar-refractivity contribution in [3.63, 3.8) is 0 Å². The lowest BCUT2D eigenvalue weighted by atomic mass is 9.92. The first kappa shape index (κ1) is 13.7. The number of hydrogen-bond donors (Lipinski definition) is 0. The van der Waals surface area contributed by atoms with Crippen LogP contribution in [0.3, 0.4) is 0 Å². The Kier molecular flexibility index (Phi) is 3.59. The van der Waals surface area contributed by atoms with E-state index in [1.807, 2.05) is 12.1 Å². The number of piperidine rings is 1. The minimum absolute atomic E-state index is 0.752. The van der Waals surface area contributed by atoms with Gasteiger partial charge in [-0.2, -0.15) is 0 Å². The summed E-state index contributed by atoms with van der Waals surface area (Å²) in [6.45, 7) is 9.12. The largest absolute Gasteiger partial charge is 0.275 e. The summed E-state index contributed by atoms with van der Waals surface area (Å²) in [5.41, 5.74) is 2.43. The van der Waals surface area contributed by atoms with Gasteiger partial charge in [0.25, 0.3) is 5.82 Å². The van der Waals surface area contributed by atoms with Crippen LogP contribution in [0.25, 0.3) is 10.9 Å². The number of aromatic nitrogens is 1. The van der Waals surface area contributed by atoms with Gasteiger partial charge in [0.05, 0.1) is 13.1 Å². The molecule has 0 spiro atoms. The highest BCUT2D eigenvalue weighted by Gasteiger charge is 2.28. The zero-order valence-electron chi connectivity index (χ0n) is 12.4. The molecule has 0 amide bonds. The van der Waals surface area contributed by atoms with E-state index in [1.165, 1.54) is 23.2 Å². The molecule has 0 aliphatic carbocycles. The van der Waals surface area contributed by atoms with Gasteiger partial charge < -0.3 is 0 Å². The second-order valence-electron chi connectivity index (χ2n) is 6.38. The summed E-state index contributed by atoms with van der Waals surface area (Å²) in [5, 5.41) is 2.03. The molecule has 2 aromatic rings. The third kappa shape index (κ3) is 2.62. The highest BCUT2D eigenvalue weighted by Crippen LogP contribution is 2.27. The molecule has 3 heteroatoms. The van der Waals surface area contributed by atoms with Crippen molar-refractivity contribution in [1.82, 2.24) is 0 Å². The van der Waals surface area contributed by atoms with Crippen LogP contribution in [0.4, 0.5) is 5.82 Å². The van der Waals surface area contributed by atoms with Crippen molar-refractivity contribution >= 4 is 28.3 Å². The second kappa shape index (κ2) is 5.25. The van der Waals surface area contributed by atoms with Crippen LogP contribution in [0.1, 0.15) is 25.8 Å². The van der Waals surface area contributed by atoms with Gasteiger partial charge in [0, 0.05) is 22.5 Å². The van der Waals surface area contributed by atoms with E-state index in [1.54, 1.807) is 0 Å². The third-order valence-electron chi connectivity index (χ3n) is 4.23. The van der Waals surface area contributed by atoms with Crippen LogP contribution in [0, 0.1) is 18.8 Å². The van der Waals surface area contributed by atoms with Gasteiger partial charge in [0.2, 0.25) is 0 Å². The minimum atomic E-state index is 0.752. The van der Waals surface area contributed by atoms with Gasteiger partial charge in [-0.3, -0.25) is 4.90 Å². The van der Waals surface area contributed by atoms with Crippen molar-refractivity contribution in [1.29, 1.82) is 0 Å². The molecule has 1 aliphatic heterocycles. The molecule has 20 heavy (non-hydrogen) atoms. The molecular weight excluding hydrogens is 268 g/mol. The fourth-order valence-electron chi connectivity index (χ4n) is 3.45. The molecule has 2 atom stereocenters. The molecule has 3 rings (SSSR count). The number of hydrogen-bond acceptors (Lipinski definition) is 1. The quantitative estimate of drug-likeness (QED) is 0.773. The zero-order valence-corrected chi connectivity index (χ0v) is 13.2. The summed E-state index contributed by atoms with van der Waals surface area (Å²) in [7, 11) is 0. The van der Waals surface area contributed by atoms with E-state index in [2.05, 4.69) is 42.8 Å². The zero-order chi connectivity index (χ0) is 14.3. The lowest BCUT2D eigenvalue weighted by Crippen LogP contribution is -2.41. The molecule has 1 fully saturated rings. The molecule has 1 N–H and O–H groups in total. The molecule has 1 aromatic heterocycles. The summed E-state index contributed by atoms with van der Waals surface area (Å²) in [5.74, 6) is 2.72. The van der Waals surface area contributed by atoms with E-state index < -0.39 is 0 Å². The second-order valence-corrected chi connectivity index (χ2v) is 6.81. The van der Waals surface area contributed by atoms with Gasteiger partial charge in [0.15, 0.2) is 0 Å². The number of H-pyrrole nitrogens is 1. The Balaban J connectivity index is 2.03. The van der Waals surface area contributed by atoms with Gasteiger partial charge >= 0.3 is 0 Å². The molecule has 2 heterocycles. The Labute approximate surface area is 125 Å². The number of nitrogens with zero attached hydrogens (tertiary/aromatic N) is 1. The van der Waals surface area contributed by atoms with E-state index in [9.17, 15) is 0 Å². The number of benzene rings is 1. The SMILES string of the molecule is Cc1cc(N2C[C@H](C)C[C@H](C)C2)[nH+]c2cc(Cl)ccc12. The fourth-order valence-corrected chi connectivity index (χ4v) is 3.62. The maximum atomic E-state index is 6.12. The van der Waals surface area contributed by atoms with Gasteiger partial charge in [-0.1, -0.05) is 25.4 Å². The molecule has 2 nitrogen and oxygen atoms in total. The number of nitrogens with one attached hydrogen (secondary N) is 1. The lowest BCUT2D eigenvalue weighted by Gasteiger charge is -2.30. The molecular formula is C17H22ClN2+. The normalized spacial score (nSPS) is 23.3. The Bertz CT molecular complexity index is 628. The number of halogens is 1. The first-order valence-electron chi connectivity index (χ1n) is 7.40. The van der Waals surface area contributed by atoms with E-state index >= 15 is 0 Å². The molecule has 0 radical (unpaired) electrons. The molecule has 0 unspecified atom stereocenters. The lowest BCUT2D eigenvalue weighted by molar-refractivity contribution is -0.331. The molecule has 0 saturated carbocycles. The van der Waals surface area contributed by atoms with Gasteiger partial charge in [-0.15, -0.1) is 0 Å². The highest BCUT2D eigenvalue weighted by molar-refractivity contribution is 6.31. The van der Waals surface area contributed by atoms with Gasteiger partial charge in [-0.25, -0.2) is 4.98 Å². The molecule has 1 aliphatic rings. The first-order valence-corrected chi connectivity index (χ1v) is 7.78. The topological polar surface area (TPSA) is 17.4 Å². The van der Waals surface area contributed by atoms with Gasteiger partial charge in [-0.05, 0) is 42.9 Å². The number of pyridine rings is 1. The smallest absolute Gasteiger partial charge is 0.261 e. The highest BCUT2D eigenvalue weighted by atomic mass is 35.5. The Morgan fingerprint density at radius 2 is 1.85 bits per heavy atom. The molecule has 0 bridgehead atoms. The third-order valence-corrected chi connectivity index (χ3v) is 4.47. The van der Waals surface area contributed by atoms with Crippen LogP contribution < -0.4 is 9.88 Å². The molecule has 106 valence electrons. The number of aromatic amines is 1. The average Bonchev–Trinajstić information content (AvgIpc) is 2.36. The minimum Gasteiger partial charge on any atom is -0.261 e. The number of aryl methyl sites for hydroxylation is 1. The number of fused-ring (bicyclic) bond motifs is 1. The number of anilines is 1. The van der Waals surface area contributed by atoms with Crippen molar-refractivity contribution < 1.29 is 4.98 Å². The van der Waals surface area contributed by atoms with Crippen LogP contribution in [0.2, 0.25) is 5.02 Å². The average molecular weight is 290 g/mol. The fraction of sp³-hybridized carbons (Fsp3) is 0.471. The van der Waals surface area contributed by atoms with Crippen LogP contribution in [-0.4, -0.2) is 13.1 Å². The number of rotatable bonds is 1. The van der Waals surface area contributed by atoms with Crippen LogP contribution in [0.15, 0.2) is 24.3 Å². The monoisotopic (exact) mass is 289 g/mol. The van der Waals surface area contributed by atoms with Crippen molar-refractivity contribution in [2.45, 2.75) is 27.2 Å². The summed E-state index contributed by atoms with van der Waals surface area (Å²) in [6, 6.07) is 8.33. The van der Waals surface area contributed by atoms with Crippen LogP contribution in [-0.2, 0) is 0 Å². The summed E-state index contributed by atoms with van der Waals surface area (Å²) in [6.07, 6.45) is 1.33. The Morgan fingerprint density at radius 1 is 1.15 bits per heavy atom. The standard InChI is InChI=1S/C17H21ClN2/c1-11-6-12(2)10-20(9-11)17-7-13(3)15-5-4-14(18)8-16(15)19-17/h4-5,7-8,11-12H,6,9-10H2,1-3H3/p+1/t11-,12+. The molecule has 1 saturated heterocycles. The van der Waals surface area contributed by atoms with E-state index in [0.717, 1.165) is 35.5 Å². The summed E-state index contributed by atoms with van der Waals surface area (Å²) < 4.78 is 0. The van der Waals surface area contributed by atoms with Crippen molar-refractivity contribution in [3.05, 3.63) is 34.9 Å². The predicted octanol–water partition coefficient (Wildman–Crippen LogP) is 4.10. The molecule has 1 aromatic carbocycles. The summed E-state index contributed by atoms with van der Waals surface area (Å²) >= 11 is 6.12. The predicted molar refractivity (Wildman–Crippen MR) is 85.4 cm³/mol. The summed E-state index contributed by atoms with van der Waals surface area (Å²) in [4.78, 5) is 6.04. The Hall–Kier alpha value is -1.28. The Morgan fingerprint density at radius 3 is 2.55 bits per heavy atom.